The van der Waals surface area contributed by atoms with Crippen molar-refractivity contribution >= 4 is 23.2 Å². The monoisotopic (exact) mass is 324 g/mol. The minimum absolute atomic E-state index is 0.251. The van der Waals surface area contributed by atoms with Gasteiger partial charge in [0.2, 0.25) is 0 Å². The highest BCUT2D eigenvalue weighted by Gasteiger charge is 2.09. The van der Waals surface area contributed by atoms with E-state index in [1.54, 1.807) is 25.3 Å². The second-order valence-electron chi connectivity index (χ2n) is 5.29. The van der Waals surface area contributed by atoms with Crippen LogP contribution < -0.4 is 15.4 Å². The third kappa shape index (κ3) is 7.38. The Morgan fingerprint density at radius 2 is 2.14 bits per heavy atom. The summed E-state index contributed by atoms with van der Waals surface area (Å²) in [5, 5.41) is 5.93. The molecule has 22 heavy (non-hydrogen) atoms. The molecule has 5 nitrogen and oxygen atoms in total. The van der Waals surface area contributed by atoms with Crippen LogP contribution in [-0.2, 0) is 4.74 Å². The number of amides is 1. The van der Waals surface area contributed by atoms with Crippen molar-refractivity contribution in [1.29, 1.82) is 0 Å². The number of carbonyl (C=O) groups excluding carboxylic acids is 1. The zero-order valence-electron chi connectivity index (χ0n) is 13.3. The molecule has 122 valence electrons. The average molecular weight is 324 g/mol. The average Bonchev–Trinajstić information content (AvgIpc) is 2.50. The lowest BCUT2D eigenvalue weighted by Crippen LogP contribution is -2.39. The van der Waals surface area contributed by atoms with E-state index < -0.39 is 0 Å². The quantitative estimate of drug-likeness (QED) is 0.568. The van der Waals surface area contributed by atoms with Crippen molar-refractivity contribution in [2.24, 2.45) is 5.92 Å². The molecular weight excluding hydrogens is 300 g/mol. The molecule has 0 aliphatic rings. The summed E-state index contributed by atoms with van der Waals surface area (Å²) in [5.41, 5.74) is 0.516. The van der Waals surface area contributed by atoms with E-state index in [2.05, 4.69) is 24.5 Å². The molecule has 0 aliphatic heterocycles. The molecule has 1 rings (SSSR count). The normalized spacial score (nSPS) is 10.4. The number of hydrogen-bond donors (Lipinski definition) is 2. The van der Waals surface area contributed by atoms with Gasteiger partial charge in [-0.3, -0.25) is 10.1 Å². The molecule has 6 heteroatoms. The van der Waals surface area contributed by atoms with Gasteiger partial charge in [-0.2, -0.15) is 0 Å². The van der Waals surface area contributed by atoms with Crippen molar-refractivity contribution in [1.82, 2.24) is 10.6 Å². The van der Waals surface area contributed by atoms with E-state index >= 15 is 0 Å². The Labute approximate surface area is 137 Å². The molecule has 0 fully saturated rings. The van der Waals surface area contributed by atoms with Crippen molar-refractivity contribution in [3.05, 3.63) is 29.8 Å². The number of methoxy groups -OCH3 is 1. The Hall–Kier alpha value is -1.66. The van der Waals surface area contributed by atoms with Crippen LogP contribution >= 0.6 is 12.2 Å². The summed E-state index contributed by atoms with van der Waals surface area (Å²) in [6, 6.07) is 7.07. The van der Waals surface area contributed by atoms with Crippen LogP contribution in [0.4, 0.5) is 0 Å². The van der Waals surface area contributed by atoms with E-state index in [-0.39, 0.29) is 5.91 Å². The highest BCUT2D eigenvalue weighted by Crippen LogP contribution is 2.14. The van der Waals surface area contributed by atoms with Gasteiger partial charge >= 0.3 is 0 Å². The van der Waals surface area contributed by atoms with E-state index in [4.69, 9.17) is 21.7 Å². The predicted molar refractivity (Wildman–Crippen MR) is 91.3 cm³/mol. The third-order valence-corrected chi connectivity index (χ3v) is 2.96. The maximum Gasteiger partial charge on any atom is 0.257 e. The largest absolute Gasteiger partial charge is 0.493 e. The van der Waals surface area contributed by atoms with E-state index in [0.717, 1.165) is 6.42 Å². The molecule has 0 radical (unpaired) electrons. The molecule has 1 amide bonds. The number of carbonyl (C=O) groups is 1. The molecule has 0 saturated carbocycles. The van der Waals surface area contributed by atoms with E-state index in [1.165, 1.54) is 0 Å². The first-order valence-corrected chi connectivity index (χ1v) is 7.74. The van der Waals surface area contributed by atoms with Gasteiger partial charge in [-0.15, -0.1) is 0 Å². The standard InChI is InChI=1S/C16H24N2O3S/c1-12(2)11-21-14-7-4-6-13(10-14)15(19)18-16(22)17-8-5-9-20-3/h4,6-7,10,12H,5,8-9,11H2,1-3H3,(H2,17,18,19,22). The fraction of sp³-hybridized carbons (Fsp3) is 0.500. The van der Waals surface area contributed by atoms with Crippen LogP contribution in [0.1, 0.15) is 30.6 Å². The molecule has 0 unspecified atom stereocenters. The fourth-order valence-corrected chi connectivity index (χ4v) is 1.82. The minimum Gasteiger partial charge on any atom is -0.493 e. The van der Waals surface area contributed by atoms with Gasteiger partial charge in [0.15, 0.2) is 5.11 Å². The van der Waals surface area contributed by atoms with Crippen LogP contribution in [-0.4, -0.2) is 37.9 Å². The van der Waals surface area contributed by atoms with Gasteiger partial charge in [0.25, 0.3) is 5.91 Å². The maximum atomic E-state index is 12.1. The van der Waals surface area contributed by atoms with Crippen LogP contribution in [0.15, 0.2) is 24.3 Å². The summed E-state index contributed by atoms with van der Waals surface area (Å²) in [6.07, 6.45) is 0.824. The topological polar surface area (TPSA) is 59.6 Å². The van der Waals surface area contributed by atoms with Crippen LogP contribution in [0.2, 0.25) is 0 Å². The number of benzene rings is 1. The number of rotatable bonds is 8. The Balaban J connectivity index is 2.47. The Bertz CT molecular complexity index is 492. The van der Waals surface area contributed by atoms with Gasteiger partial charge in [0, 0.05) is 25.8 Å². The molecule has 0 spiro atoms. The van der Waals surface area contributed by atoms with E-state index in [9.17, 15) is 4.79 Å². The first-order valence-electron chi connectivity index (χ1n) is 7.34. The zero-order chi connectivity index (χ0) is 16.4. The Kier molecular flexibility index (Phi) is 8.47. The molecule has 1 aromatic rings. The van der Waals surface area contributed by atoms with E-state index in [1.807, 2.05) is 6.07 Å². The first kappa shape index (κ1) is 18.4. The summed E-state index contributed by atoms with van der Waals surface area (Å²) in [7, 11) is 1.65. The smallest absolute Gasteiger partial charge is 0.257 e. The summed E-state index contributed by atoms with van der Waals surface area (Å²) >= 11 is 5.08. The first-order chi connectivity index (χ1) is 10.5. The number of ether oxygens (including phenoxy) is 2. The Morgan fingerprint density at radius 1 is 1.36 bits per heavy atom. The molecule has 0 heterocycles. The van der Waals surface area contributed by atoms with Gasteiger partial charge in [0.1, 0.15) is 5.75 Å². The Morgan fingerprint density at radius 3 is 2.82 bits per heavy atom. The van der Waals surface area contributed by atoms with Gasteiger partial charge in [-0.25, -0.2) is 0 Å². The molecule has 0 aromatic heterocycles. The minimum atomic E-state index is -0.251. The highest BCUT2D eigenvalue weighted by molar-refractivity contribution is 7.80. The van der Waals surface area contributed by atoms with Gasteiger partial charge < -0.3 is 14.8 Å². The van der Waals surface area contributed by atoms with Gasteiger partial charge in [-0.1, -0.05) is 19.9 Å². The van der Waals surface area contributed by atoms with Gasteiger partial charge in [0.05, 0.1) is 6.61 Å². The third-order valence-electron chi connectivity index (χ3n) is 2.72. The van der Waals surface area contributed by atoms with E-state index in [0.29, 0.717) is 42.1 Å². The molecule has 0 saturated heterocycles. The second kappa shape index (κ2) is 10.1. The molecule has 1 aromatic carbocycles. The lowest BCUT2D eigenvalue weighted by Gasteiger charge is -2.11. The van der Waals surface area contributed by atoms with Crippen molar-refractivity contribution in [2.45, 2.75) is 20.3 Å². The van der Waals surface area contributed by atoms with Crippen LogP contribution in [0.3, 0.4) is 0 Å². The summed E-state index contributed by atoms with van der Waals surface area (Å²) in [6.45, 7) is 6.07. The predicted octanol–water partition coefficient (Wildman–Crippen LogP) is 2.36. The van der Waals surface area contributed by atoms with Crippen LogP contribution in [0.5, 0.6) is 5.75 Å². The van der Waals surface area contributed by atoms with Crippen LogP contribution in [0.25, 0.3) is 0 Å². The molecule has 0 bridgehead atoms. The molecule has 0 atom stereocenters. The number of thiocarbonyl (C=S) groups is 1. The maximum absolute atomic E-state index is 12.1. The van der Waals surface area contributed by atoms with Crippen molar-refractivity contribution in [3.63, 3.8) is 0 Å². The highest BCUT2D eigenvalue weighted by atomic mass is 32.1. The van der Waals surface area contributed by atoms with Crippen molar-refractivity contribution < 1.29 is 14.3 Å². The molecule has 0 aliphatic carbocycles. The zero-order valence-corrected chi connectivity index (χ0v) is 14.2. The van der Waals surface area contributed by atoms with Crippen LogP contribution in [0, 0.1) is 5.92 Å². The SMILES string of the molecule is COCCCNC(=S)NC(=O)c1cccc(OCC(C)C)c1. The summed E-state index contributed by atoms with van der Waals surface area (Å²) < 4.78 is 10.6. The number of nitrogens with one attached hydrogen (secondary N) is 2. The van der Waals surface area contributed by atoms with Gasteiger partial charge in [-0.05, 0) is 42.8 Å². The summed E-state index contributed by atoms with van der Waals surface area (Å²) in [4.78, 5) is 12.1. The lowest BCUT2D eigenvalue weighted by atomic mass is 10.2. The lowest BCUT2D eigenvalue weighted by molar-refractivity contribution is 0.0976. The second-order valence-corrected chi connectivity index (χ2v) is 5.70. The fourth-order valence-electron chi connectivity index (χ4n) is 1.63. The molecule has 2 N–H and O–H groups in total. The van der Waals surface area contributed by atoms with Crippen molar-refractivity contribution in [3.8, 4) is 5.75 Å². The molecular formula is C16H24N2O3S. The van der Waals surface area contributed by atoms with Crippen molar-refractivity contribution in [2.75, 3.05) is 26.9 Å². The number of hydrogen-bond acceptors (Lipinski definition) is 4. The summed E-state index contributed by atoms with van der Waals surface area (Å²) in [5.74, 6) is 0.862.